The summed E-state index contributed by atoms with van der Waals surface area (Å²) < 4.78 is 46.9. The fraction of sp³-hybridized carbons (Fsp3) is 0.185. The summed E-state index contributed by atoms with van der Waals surface area (Å²) in [5.41, 5.74) is 1.15. The first-order chi connectivity index (χ1) is 17.6. The molecule has 0 radical (unpaired) electrons. The van der Waals surface area contributed by atoms with Crippen molar-refractivity contribution in [3.8, 4) is 22.9 Å². The lowest BCUT2D eigenvalue weighted by molar-refractivity contribution is -0.137. The van der Waals surface area contributed by atoms with Crippen LogP contribution in [-0.2, 0) is 6.18 Å². The second-order valence-corrected chi connectivity index (χ2v) is 8.45. The van der Waals surface area contributed by atoms with Gasteiger partial charge in [0.05, 0.1) is 16.8 Å². The minimum Gasteiger partial charge on any atom is -0.438 e. The Bertz CT molecular complexity index is 1420. The third-order valence-electron chi connectivity index (χ3n) is 5.45. The average molecular weight is 508 g/mol. The van der Waals surface area contributed by atoms with Crippen LogP contribution in [0.25, 0.3) is 11.3 Å². The van der Waals surface area contributed by atoms with E-state index >= 15 is 0 Å². The van der Waals surface area contributed by atoms with Gasteiger partial charge in [0.2, 0.25) is 11.8 Å². The van der Waals surface area contributed by atoms with Gasteiger partial charge in [-0.15, -0.1) is 0 Å². The van der Waals surface area contributed by atoms with Crippen molar-refractivity contribution in [3.05, 3.63) is 89.7 Å². The van der Waals surface area contributed by atoms with Gasteiger partial charge >= 0.3 is 6.18 Å². The number of alkyl halides is 3. The summed E-state index contributed by atoms with van der Waals surface area (Å²) in [6.07, 6.45) is -1.67. The van der Waals surface area contributed by atoms with Crippen LogP contribution in [0.4, 0.5) is 24.8 Å². The number of rotatable bonds is 7. The summed E-state index contributed by atoms with van der Waals surface area (Å²) >= 11 is 0. The topological polar surface area (TPSA) is 89.0 Å². The number of aromatic nitrogens is 3. The molecule has 2 heterocycles. The van der Waals surface area contributed by atoms with E-state index in [0.717, 1.165) is 17.7 Å². The van der Waals surface area contributed by atoms with E-state index in [1.165, 1.54) is 18.5 Å². The highest BCUT2D eigenvalue weighted by Gasteiger charge is 2.32. The van der Waals surface area contributed by atoms with Crippen LogP contribution in [0.3, 0.4) is 0 Å². The molecule has 0 aliphatic heterocycles. The number of anilines is 2. The van der Waals surface area contributed by atoms with Crippen molar-refractivity contribution in [2.45, 2.75) is 25.9 Å². The fourth-order valence-electron chi connectivity index (χ4n) is 3.54. The molecule has 0 fully saturated rings. The van der Waals surface area contributed by atoms with Gasteiger partial charge in [-0.1, -0.05) is 26.0 Å². The number of halogens is 3. The zero-order valence-electron chi connectivity index (χ0n) is 20.3. The molecule has 7 nitrogen and oxygen atoms in total. The zero-order chi connectivity index (χ0) is 26.6. The largest absolute Gasteiger partial charge is 0.438 e. The number of hydrogen-bond acceptors (Lipinski definition) is 6. The van der Waals surface area contributed by atoms with E-state index in [-0.39, 0.29) is 23.2 Å². The SMILES string of the molecule is CNc1nccc(-c2cccnc2Oc2cc(NC(=O)c3cccc(C(C)C)c3)cc(C(F)(F)F)c2)n1. The molecule has 4 rings (SSSR count). The first-order valence-electron chi connectivity index (χ1n) is 11.4. The van der Waals surface area contributed by atoms with Gasteiger partial charge in [0.15, 0.2) is 0 Å². The first-order valence-corrected chi connectivity index (χ1v) is 11.4. The standard InChI is InChI=1S/C27H24F3N5O2/c1-16(2)17-6-4-7-18(12-17)24(36)34-20-13-19(27(28,29)30)14-21(15-20)37-25-22(8-5-10-32-25)23-9-11-33-26(31-3)35-23/h4-16H,1-3H3,(H,34,36)(H,31,33,35). The zero-order valence-corrected chi connectivity index (χ0v) is 20.3. The lowest BCUT2D eigenvalue weighted by atomic mass is 10.0. The number of nitrogens with one attached hydrogen (secondary N) is 2. The van der Waals surface area contributed by atoms with Crippen molar-refractivity contribution >= 4 is 17.5 Å². The molecule has 0 unspecified atom stereocenters. The summed E-state index contributed by atoms with van der Waals surface area (Å²) in [6, 6.07) is 14.9. The van der Waals surface area contributed by atoms with Crippen LogP contribution in [0.5, 0.6) is 11.6 Å². The number of carbonyl (C=O) groups excluding carboxylic acids is 1. The van der Waals surface area contributed by atoms with Gasteiger partial charge in [-0.25, -0.2) is 15.0 Å². The molecule has 0 saturated heterocycles. The molecule has 4 aromatic rings. The van der Waals surface area contributed by atoms with Gasteiger partial charge in [-0.2, -0.15) is 13.2 Å². The van der Waals surface area contributed by atoms with E-state index < -0.39 is 17.6 Å². The Morgan fingerprint density at radius 3 is 2.51 bits per heavy atom. The minimum atomic E-state index is -4.67. The van der Waals surface area contributed by atoms with Gasteiger partial charge in [-0.05, 0) is 53.9 Å². The Labute approximate surface area is 211 Å². The van der Waals surface area contributed by atoms with Crippen molar-refractivity contribution in [1.29, 1.82) is 0 Å². The Morgan fingerprint density at radius 1 is 0.973 bits per heavy atom. The molecule has 0 aliphatic rings. The molecule has 1 amide bonds. The van der Waals surface area contributed by atoms with E-state index in [4.69, 9.17) is 4.74 Å². The fourth-order valence-corrected chi connectivity index (χ4v) is 3.54. The number of benzene rings is 2. The normalized spacial score (nSPS) is 11.3. The molecular formula is C27H24F3N5O2. The lowest BCUT2D eigenvalue weighted by Crippen LogP contribution is -2.14. The molecule has 0 bridgehead atoms. The minimum absolute atomic E-state index is 0.0458. The number of amides is 1. The summed E-state index contributed by atoms with van der Waals surface area (Å²) in [6.45, 7) is 3.97. The maximum atomic E-state index is 13.7. The molecule has 2 aromatic heterocycles. The van der Waals surface area contributed by atoms with E-state index in [9.17, 15) is 18.0 Å². The third-order valence-corrected chi connectivity index (χ3v) is 5.45. The van der Waals surface area contributed by atoms with Gasteiger partial charge in [0.1, 0.15) is 5.75 Å². The van der Waals surface area contributed by atoms with Crippen LogP contribution < -0.4 is 15.4 Å². The van der Waals surface area contributed by atoms with Crippen LogP contribution in [0.15, 0.2) is 73.1 Å². The number of pyridine rings is 1. The summed E-state index contributed by atoms with van der Waals surface area (Å²) in [5.74, 6) is -0.0915. The van der Waals surface area contributed by atoms with Crippen molar-refractivity contribution in [1.82, 2.24) is 15.0 Å². The predicted molar refractivity (Wildman–Crippen MR) is 135 cm³/mol. The molecule has 0 saturated carbocycles. The van der Waals surface area contributed by atoms with E-state index in [1.54, 1.807) is 43.4 Å². The molecular weight excluding hydrogens is 483 g/mol. The van der Waals surface area contributed by atoms with Crippen molar-refractivity contribution in [3.63, 3.8) is 0 Å². The van der Waals surface area contributed by atoms with Gasteiger partial charge in [0, 0.05) is 36.8 Å². The summed E-state index contributed by atoms with van der Waals surface area (Å²) in [4.78, 5) is 25.5. The van der Waals surface area contributed by atoms with E-state index in [2.05, 4.69) is 25.6 Å². The van der Waals surface area contributed by atoms with Gasteiger partial charge < -0.3 is 15.4 Å². The maximum Gasteiger partial charge on any atom is 0.416 e. The van der Waals surface area contributed by atoms with Crippen LogP contribution in [0.1, 0.15) is 41.3 Å². The second kappa shape index (κ2) is 10.7. The first kappa shape index (κ1) is 25.6. The third kappa shape index (κ3) is 6.21. The smallest absolute Gasteiger partial charge is 0.416 e. The number of carbonyl (C=O) groups is 1. The molecule has 190 valence electrons. The lowest BCUT2D eigenvalue weighted by Gasteiger charge is -2.15. The monoisotopic (exact) mass is 507 g/mol. The molecule has 2 aromatic carbocycles. The Hall–Kier alpha value is -4.47. The summed E-state index contributed by atoms with van der Waals surface area (Å²) in [7, 11) is 1.66. The van der Waals surface area contributed by atoms with Gasteiger partial charge in [0.25, 0.3) is 5.91 Å². The van der Waals surface area contributed by atoms with Crippen LogP contribution in [0.2, 0.25) is 0 Å². The highest BCUT2D eigenvalue weighted by molar-refractivity contribution is 6.04. The van der Waals surface area contributed by atoms with Crippen molar-refractivity contribution in [2.75, 3.05) is 17.7 Å². The second-order valence-electron chi connectivity index (χ2n) is 8.45. The van der Waals surface area contributed by atoms with E-state index in [1.807, 2.05) is 19.9 Å². The molecule has 0 aliphatic carbocycles. The van der Waals surface area contributed by atoms with Crippen molar-refractivity contribution in [2.24, 2.45) is 0 Å². The number of hydrogen-bond donors (Lipinski definition) is 2. The number of nitrogens with zero attached hydrogens (tertiary/aromatic N) is 3. The number of ether oxygens (including phenoxy) is 1. The molecule has 2 N–H and O–H groups in total. The van der Waals surface area contributed by atoms with Crippen LogP contribution in [-0.4, -0.2) is 27.9 Å². The quantitative estimate of drug-likeness (QED) is 0.287. The average Bonchev–Trinajstić information content (AvgIpc) is 2.88. The Kier molecular flexibility index (Phi) is 7.37. The van der Waals surface area contributed by atoms with E-state index in [0.29, 0.717) is 22.8 Å². The van der Waals surface area contributed by atoms with Crippen LogP contribution >= 0.6 is 0 Å². The molecule has 0 spiro atoms. The summed E-state index contributed by atoms with van der Waals surface area (Å²) in [5, 5.41) is 5.39. The predicted octanol–water partition coefficient (Wildman–Crippen LogP) is 6.77. The van der Waals surface area contributed by atoms with Crippen LogP contribution in [0, 0.1) is 0 Å². The maximum absolute atomic E-state index is 13.7. The Morgan fingerprint density at radius 2 is 1.78 bits per heavy atom. The Balaban J connectivity index is 1.68. The highest BCUT2D eigenvalue weighted by Crippen LogP contribution is 2.37. The van der Waals surface area contributed by atoms with Crippen molar-refractivity contribution < 1.29 is 22.7 Å². The molecule has 10 heteroatoms. The van der Waals surface area contributed by atoms with Gasteiger partial charge in [-0.3, -0.25) is 4.79 Å². The molecule has 37 heavy (non-hydrogen) atoms. The highest BCUT2D eigenvalue weighted by atomic mass is 19.4. The molecule has 0 atom stereocenters.